The topological polar surface area (TPSA) is 75.0 Å². The number of rotatable bonds is 3. The second-order valence-electron chi connectivity index (χ2n) is 4.62. The van der Waals surface area contributed by atoms with Crippen molar-refractivity contribution in [1.29, 1.82) is 0 Å². The zero-order valence-corrected chi connectivity index (χ0v) is 11.1. The normalized spacial score (nSPS) is 10.7. The first-order valence-corrected chi connectivity index (χ1v) is 6.03. The van der Waals surface area contributed by atoms with Crippen molar-refractivity contribution >= 4 is 0 Å². The van der Waals surface area contributed by atoms with Gasteiger partial charge in [-0.3, -0.25) is 9.78 Å². The Morgan fingerprint density at radius 1 is 1.11 bits per heavy atom. The molecule has 0 saturated heterocycles. The Morgan fingerprint density at radius 3 is 2.42 bits per heavy atom. The molecular weight excluding hydrogens is 244 g/mol. The van der Waals surface area contributed by atoms with Gasteiger partial charge in [-0.1, -0.05) is 19.9 Å². The SMILES string of the molecule is COc1ccc(C(C)C)cc1-c1cc(=O)[nH]c(=O)[nH]1. The highest BCUT2D eigenvalue weighted by Crippen LogP contribution is 2.30. The van der Waals surface area contributed by atoms with Crippen LogP contribution < -0.4 is 16.0 Å². The van der Waals surface area contributed by atoms with E-state index in [1.807, 2.05) is 18.2 Å². The summed E-state index contributed by atoms with van der Waals surface area (Å²) in [4.78, 5) is 27.5. The molecule has 0 unspecified atom stereocenters. The number of ether oxygens (including phenoxy) is 1. The number of nitrogens with one attached hydrogen (secondary N) is 2. The molecule has 0 radical (unpaired) electrons. The zero-order valence-electron chi connectivity index (χ0n) is 11.1. The first kappa shape index (κ1) is 13.1. The number of hydrogen-bond donors (Lipinski definition) is 2. The fraction of sp³-hybridized carbons (Fsp3) is 0.286. The van der Waals surface area contributed by atoms with Crippen LogP contribution in [-0.4, -0.2) is 17.1 Å². The maximum absolute atomic E-state index is 11.4. The molecule has 19 heavy (non-hydrogen) atoms. The second kappa shape index (κ2) is 5.14. The van der Waals surface area contributed by atoms with Crippen molar-refractivity contribution < 1.29 is 4.74 Å². The van der Waals surface area contributed by atoms with Gasteiger partial charge < -0.3 is 9.72 Å². The number of aromatic amines is 2. The molecule has 2 aromatic rings. The van der Waals surface area contributed by atoms with Crippen LogP contribution in [0.25, 0.3) is 11.3 Å². The van der Waals surface area contributed by atoms with Crippen molar-refractivity contribution in [2.75, 3.05) is 7.11 Å². The summed E-state index contributed by atoms with van der Waals surface area (Å²) in [5.41, 5.74) is 1.30. The lowest BCUT2D eigenvalue weighted by molar-refractivity contribution is 0.416. The lowest BCUT2D eigenvalue weighted by atomic mass is 9.99. The molecule has 0 atom stereocenters. The van der Waals surface area contributed by atoms with Crippen LogP contribution >= 0.6 is 0 Å². The molecule has 5 heteroatoms. The standard InChI is InChI=1S/C14H16N2O3/c1-8(2)9-4-5-12(19-3)10(6-9)11-7-13(17)16-14(18)15-11/h4-8H,1-3H3,(H2,15,16,17,18). The highest BCUT2D eigenvalue weighted by molar-refractivity contribution is 5.67. The van der Waals surface area contributed by atoms with Crippen molar-refractivity contribution in [2.24, 2.45) is 0 Å². The van der Waals surface area contributed by atoms with Crippen molar-refractivity contribution in [3.63, 3.8) is 0 Å². The van der Waals surface area contributed by atoms with E-state index in [2.05, 4.69) is 23.8 Å². The minimum Gasteiger partial charge on any atom is -0.496 e. The van der Waals surface area contributed by atoms with Crippen LogP contribution in [0.5, 0.6) is 5.75 Å². The van der Waals surface area contributed by atoms with Crippen molar-refractivity contribution in [2.45, 2.75) is 19.8 Å². The predicted molar refractivity (Wildman–Crippen MR) is 73.8 cm³/mol. The van der Waals surface area contributed by atoms with E-state index >= 15 is 0 Å². The minimum absolute atomic E-state index is 0.346. The molecule has 2 N–H and O–H groups in total. The van der Waals surface area contributed by atoms with E-state index in [0.29, 0.717) is 22.9 Å². The zero-order chi connectivity index (χ0) is 14.0. The monoisotopic (exact) mass is 260 g/mol. The van der Waals surface area contributed by atoms with Gasteiger partial charge >= 0.3 is 5.69 Å². The van der Waals surface area contributed by atoms with Gasteiger partial charge in [0, 0.05) is 11.6 Å². The maximum Gasteiger partial charge on any atom is 0.326 e. The third kappa shape index (κ3) is 2.76. The predicted octanol–water partition coefficient (Wildman–Crippen LogP) is 1.86. The first-order valence-electron chi connectivity index (χ1n) is 6.03. The summed E-state index contributed by atoms with van der Waals surface area (Å²) in [5, 5.41) is 0. The highest BCUT2D eigenvalue weighted by Gasteiger charge is 2.10. The summed E-state index contributed by atoms with van der Waals surface area (Å²) in [5.74, 6) is 0.962. The summed E-state index contributed by atoms with van der Waals surface area (Å²) < 4.78 is 5.28. The van der Waals surface area contributed by atoms with Crippen LogP contribution in [0.15, 0.2) is 33.9 Å². The largest absolute Gasteiger partial charge is 0.496 e. The summed E-state index contributed by atoms with van der Waals surface area (Å²) >= 11 is 0. The fourth-order valence-electron chi connectivity index (χ4n) is 1.91. The lowest BCUT2D eigenvalue weighted by Gasteiger charge is -2.12. The van der Waals surface area contributed by atoms with Crippen LogP contribution in [0.3, 0.4) is 0 Å². The Balaban J connectivity index is 2.68. The number of methoxy groups -OCH3 is 1. The van der Waals surface area contributed by atoms with Crippen molar-refractivity contribution in [3.8, 4) is 17.0 Å². The average molecular weight is 260 g/mol. The quantitative estimate of drug-likeness (QED) is 0.884. The molecular formula is C14H16N2O3. The lowest BCUT2D eigenvalue weighted by Crippen LogP contribution is -2.21. The van der Waals surface area contributed by atoms with Crippen molar-refractivity contribution in [1.82, 2.24) is 9.97 Å². The molecule has 0 spiro atoms. The van der Waals surface area contributed by atoms with E-state index in [9.17, 15) is 9.59 Å². The van der Waals surface area contributed by atoms with E-state index in [1.54, 1.807) is 7.11 Å². The Bertz CT molecular complexity index is 670. The molecule has 1 heterocycles. The van der Waals surface area contributed by atoms with Gasteiger partial charge in [0.05, 0.1) is 12.8 Å². The van der Waals surface area contributed by atoms with E-state index in [1.165, 1.54) is 6.07 Å². The number of aromatic nitrogens is 2. The van der Waals surface area contributed by atoms with Gasteiger partial charge in [0.15, 0.2) is 0 Å². The van der Waals surface area contributed by atoms with Gasteiger partial charge in [-0.2, -0.15) is 0 Å². The van der Waals surface area contributed by atoms with E-state index < -0.39 is 11.2 Å². The molecule has 0 aliphatic heterocycles. The van der Waals surface area contributed by atoms with Crippen molar-refractivity contribution in [3.05, 3.63) is 50.7 Å². The van der Waals surface area contributed by atoms with Crippen LogP contribution in [0.1, 0.15) is 25.3 Å². The third-order valence-electron chi connectivity index (χ3n) is 2.94. The molecule has 0 bridgehead atoms. The van der Waals surface area contributed by atoms with Gasteiger partial charge in [-0.15, -0.1) is 0 Å². The van der Waals surface area contributed by atoms with Gasteiger partial charge in [-0.25, -0.2) is 4.79 Å². The number of hydrogen-bond acceptors (Lipinski definition) is 3. The Hall–Kier alpha value is -2.30. The Morgan fingerprint density at radius 2 is 1.84 bits per heavy atom. The van der Waals surface area contributed by atoms with E-state index in [-0.39, 0.29) is 0 Å². The summed E-state index contributed by atoms with van der Waals surface area (Å²) in [6.07, 6.45) is 0. The number of benzene rings is 1. The van der Waals surface area contributed by atoms with E-state index in [4.69, 9.17) is 4.74 Å². The second-order valence-corrected chi connectivity index (χ2v) is 4.62. The van der Waals surface area contributed by atoms with Gasteiger partial charge in [0.25, 0.3) is 5.56 Å². The molecule has 2 rings (SSSR count). The molecule has 0 amide bonds. The van der Waals surface area contributed by atoms with Crippen LogP contribution in [0, 0.1) is 0 Å². The molecule has 5 nitrogen and oxygen atoms in total. The Labute approximate surface area is 110 Å². The van der Waals surface area contributed by atoms with Crippen LogP contribution in [0.4, 0.5) is 0 Å². The highest BCUT2D eigenvalue weighted by atomic mass is 16.5. The third-order valence-corrected chi connectivity index (χ3v) is 2.94. The van der Waals surface area contributed by atoms with Crippen LogP contribution in [0.2, 0.25) is 0 Å². The van der Waals surface area contributed by atoms with Gasteiger partial charge in [0.2, 0.25) is 0 Å². The molecule has 0 aliphatic rings. The molecule has 0 saturated carbocycles. The molecule has 1 aromatic heterocycles. The molecule has 100 valence electrons. The average Bonchev–Trinajstić information content (AvgIpc) is 2.36. The summed E-state index contributed by atoms with van der Waals surface area (Å²) in [7, 11) is 1.55. The van der Waals surface area contributed by atoms with Gasteiger partial charge in [0.1, 0.15) is 5.75 Å². The maximum atomic E-state index is 11.4. The molecule has 0 fully saturated rings. The first-order chi connectivity index (χ1) is 9.01. The summed E-state index contributed by atoms with van der Waals surface area (Å²) in [6, 6.07) is 7.08. The molecule has 1 aromatic carbocycles. The Kier molecular flexibility index (Phi) is 3.55. The molecule has 0 aliphatic carbocycles. The van der Waals surface area contributed by atoms with E-state index in [0.717, 1.165) is 5.56 Å². The fourth-order valence-corrected chi connectivity index (χ4v) is 1.91. The number of H-pyrrole nitrogens is 2. The smallest absolute Gasteiger partial charge is 0.326 e. The minimum atomic E-state index is -0.528. The summed E-state index contributed by atoms with van der Waals surface area (Å²) in [6.45, 7) is 4.15. The van der Waals surface area contributed by atoms with Gasteiger partial charge in [-0.05, 0) is 23.6 Å². The van der Waals surface area contributed by atoms with Crippen LogP contribution in [-0.2, 0) is 0 Å².